The normalized spacial score (nSPS) is 13.6. The molecule has 1 amide bonds. The van der Waals surface area contributed by atoms with E-state index in [0.717, 1.165) is 29.3 Å². The number of carbonyl (C=O) groups is 1. The SMILES string of the molecule is NCC#Cc1ccc(C(=O)N2CCc3sccc3C2)s1. The van der Waals surface area contributed by atoms with Crippen LogP contribution in [0.1, 0.15) is 25.0 Å². The molecule has 0 saturated heterocycles. The van der Waals surface area contributed by atoms with E-state index in [9.17, 15) is 4.79 Å². The van der Waals surface area contributed by atoms with Gasteiger partial charge in [0, 0.05) is 18.0 Å². The van der Waals surface area contributed by atoms with Gasteiger partial charge >= 0.3 is 0 Å². The second kappa shape index (κ2) is 5.80. The Hall–Kier alpha value is -1.61. The van der Waals surface area contributed by atoms with Gasteiger partial charge in [-0.2, -0.15) is 0 Å². The molecule has 5 heteroatoms. The van der Waals surface area contributed by atoms with Crippen LogP contribution < -0.4 is 5.73 Å². The Morgan fingerprint density at radius 1 is 1.40 bits per heavy atom. The van der Waals surface area contributed by atoms with Crippen molar-refractivity contribution in [2.75, 3.05) is 13.1 Å². The molecule has 0 fully saturated rings. The van der Waals surface area contributed by atoms with Crippen LogP contribution >= 0.6 is 22.7 Å². The van der Waals surface area contributed by atoms with E-state index in [1.807, 2.05) is 17.0 Å². The largest absolute Gasteiger partial charge is 0.333 e. The van der Waals surface area contributed by atoms with Crippen molar-refractivity contribution in [1.82, 2.24) is 4.90 Å². The highest BCUT2D eigenvalue weighted by Crippen LogP contribution is 2.26. The number of amides is 1. The van der Waals surface area contributed by atoms with Crippen molar-refractivity contribution in [1.29, 1.82) is 0 Å². The lowest BCUT2D eigenvalue weighted by molar-refractivity contribution is 0.0741. The molecule has 1 aliphatic heterocycles. The minimum Gasteiger partial charge on any atom is -0.333 e. The molecule has 2 N–H and O–H groups in total. The second-order valence-corrected chi connectivity index (χ2v) is 6.60. The monoisotopic (exact) mass is 302 g/mol. The van der Waals surface area contributed by atoms with E-state index in [2.05, 4.69) is 23.3 Å². The number of hydrogen-bond acceptors (Lipinski definition) is 4. The van der Waals surface area contributed by atoms with Crippen molar-refractivity contribution in [2.45, 2.75) is 13.0 Å². The zero-order valence-electron chi connectivity index (χ0n) is 10.9. The Kier molecular flexibility index (Phi) is 3.88. The molecule has 0 bridgehead atoms. The third-order valence-electron chi connectivity index (χ3n) is 3.23. The zero-order chi connectivity index (χ0) is 13.9. The maximum atomic E-state index is 12.5. The lowest BCUT2D eigenvalue weighted by Crippen LogP contribution is -2.34. The molecule has 20 heavy (non-hydrogen) atoms. The highest BCUT2D eigenvalue weighted by molar-refractivity contribution is 7.14. The van der Waals surface area contributed by atoms with Crippen LogP contribution in [0.5, 0.6) is 0 Å². The first-order valence-corrected chi connectivity index (χ1v) is 8.11. The van der Waals surface area contributed by atoms with Crippen molar-refractivity contribution in [3.63, 3.8) is 0 Å². The Bertz CT molecular complexity index is 690. The van der Waals surface area contributed by atoms with Crippen LogP contribution in [0.15, 0.2) is 23.6 Å². The number of hydrogen-bond donors (Lipinski definition) is 1. The Morgan fingerprint density at radius 3 is 3.15 bits per heavy atom. The number of nitrogens with two attached hydrogens (primary N) is 1. The summed E-state index contributed by atoms with van der Waals surface area (Å²) in [5.41, 5.74) is 6.64. The molecular formula is C15H14N2OS2. The summed E-state index contributed by atoms with van der Waals surface area (Å²) in [5, 5.41) is 2.10. The molecule has 3 nitrogen and oxygen atoms in total. The van der Waals surface area contributed by atoms with Crippen molar-refractivity contribution >= 4 is 28.6 Å². The first-order valence-electron chi connectivity index (χ1n) is 6.41. The van der Waals surface area contributed by atoms with Gasteiger partial charge in [-0.1, -0.05) is 11.8 Å². The van der Waals surface area contributed by atoms with Crippen LogP contribution in [0.25, 0.3) is 0 Å². The van der Waals surface area contributed by atoms with E-state index in [-0.39, 0.29) is 5.91 Å². The molecule has 0 aromatic carbocycles. The molecule has 2 aromatic heterocycles. The average Bonchev–Trinajstić information content (AvgIpc) is 3.12. The second-order valence-electron chi connectivity index (χ2n) is 4.52. The van der Waals surface area contributed by atoms with Gasteiger partial charge in [0.2, 0.25) is 0 Å². The average molecular weight is 302 g/mol. The maximum Gasteiger partial charge on any atom is 0.264 e. The molecule has 1 aliphatic rings. The van der Waals surface area contributed by atoms with Gasteiger partial charge < -0.3 is 10.6 Å². The fraction of sp³-hybridized carbons (Fsp3) is 0.267. The molecule has 3 rings (SSSR count). The summed E-state index contributed by atoms with van der Waals surface area (Å²) in [7, 11) is 0. The number of nitrogens with zero attached hydrogens (tertiary/aromatic N) is 1. The quantitative estimate of drug-likeness (QED) is 0.822. The van der Waals surface area contributed by atoms with Crippen LogP contribution in [0, 0.1) is 11.8 Å². The minimum atomic E-state index is 0.104. The molecule has 2 aromatic rings. The third kappa shape index (κ3) is 2.63. The van der Waals surface area contributed by atoms with Crippen molar-refractivity contribution in [3.8, 4) is 11.8 Å². The predicted molar refractivity (Wildman–Crippen MR) is 83.0 cm³/mol. The van der Waals surface area contributed by atoms with E-state index in [1.54, 1.807) is 11.3 Å². The zero-order valence-corrected chi connectivity index (χ0v) is 12.5. The van der Waals surface area contributed by atoms with Crippen molar-refractivity contribution in [2.24, 2.45) is 5.73 Å². The smallest absolute Gasteiger partial charge is 0.264 e. The topological polar surface area (TPSA) is 46.3 Å². The van der Waals surface area contributed by atoms with Gasteiger partial charge in [0.05, 0.1) is 16.3 Å². The molecule has 102 valence electrons. The maximum absolute atomic E-state index is 12.5. The van der Waals surface area contributed by atoms with Gasteiger partial charge in [0.1, 0.15) is 0 Å². The Labute approximate surface area is 126 Å². The van der Waals surface area contributed by atoms with Gasteiger partial charge in [-0.15, -0.1) is 22.7 Å². The molecule has 0 aliphatic carbocycles. The van der Waals surface area contributed by atoms with Gasteiger partial charge in [0.25, 0.3) is 5.91 Å². The summed E-state index contributed by atoms with van der Waals surface area (Å²) in [6, 6.07) is 5.86. The molecule has 0 saturated carbocycles. The lowest BCUT2D eigenvalue weighted by Gasteiger charge is -2.26. The fourth-order valence-corrected chi connectivity index (χ4v) is 3.97. The van der Waals surface area contributed by atoms with E-state index in [0.29, 0.717) is 6.54 Å². The third-order valence-corrected chi connectivity index (χ3v) is 5.24. The van der Waals surface area contributed by atoms with Gasteiger partial charge in [-0.3, -0.25) is 4.79 Å². The van der Waals surface area contributed by atoms with Gasteiger partial charge in [-0.25, -0.2) is 0 Å². The molecule has 0 spiro atoms. The first-order chi connectivity index (χ1) is 9.78. The van der Waals surface area contributed by atoms with Gasteiger partial charge in [-0.05, 0) is 35.6 Å². The summed E-state index contributed by atoms with van der Waals surface area (Å²) in [5.74, 6) is 5.88. The Balaban J connectivity index is 1.75. The molecule has 0 atom stereocenters. The van der Waals surface area contributed by atoms with E-state index in [1.165, 1.54) is 21.8 Å². The molecule has 0 radical (unpaired) electrons. The molecule has 0 unspecified atom stereocenters. The number of rotatable bonds is 1. The minimum absolute atomic E-state index is 0.104. The summed E-state index contributed by atoms with van der Waals surface area (Å²) in [6.45, 7) is 1.86. The van der Waals surface area contributed by atoms with Crippen LogP contribution in [-0.4, -0.2) is 23.9 Å². The summed E-state index contributed by atoms with van der Waals surface area (Å²) >= 11 is 3.22. The van der Waals surface area contributed by atoms with Crippen LogP contribution in [0.4, 0.5) is 0 Å². The number of thiophene rings is 2. The fourth-order valence-electron chi connectivity index (χ4n) is 2.24. The highest BCUT2D eigenvalue weighted by Gasteiger charge is 2.23. The molecule has 3 heterocycles. The molecular weight excluding hydrogens is 288 g/mol. The van der Waals surface area contributed by atoms with Crippen LogP contribution in [-0.2, 0) is 13.0 Å². The number of fused-ring (bicyclic) bond motifs is 1. The lowest BCUT2D eigenvalue weighted by atomic mass is 10.1. The van der Waals surface area contributed by atoms with Gasteiger partial charge in [0.15, 0.2) is 0 Å². The van der Waals surface area contributed by atoms with Crippen LogP contribution in [0.3, 0.4) is 0 Å². The predicted octanol–water partition coefficient (Wildman–Crippen LogP) is 2.32. The summed E-state index contributed by atoms with van der Waals surface area (Å²) in [6.07, 6.45) is 0.962. The van der Waals surface area contributed by atoms with Crippen molar-refractivity contribution in [3.05, 3.63) is 43.8 Å². The summed E-state index contributed by atoms with van der Waals surface area (Å²) < 4.78 is 0. The first kappa shape index (κ1) is 13.4. The highest BCUT2D eigenvalue weighted by atomic mass is 32.1. The van der Waals surface area contributed by atoms with E-state index < -0.39 is 0 Å². The van der Waals surface area contributed by atoms with Crippen LogP contribution in [0.2, 0.25) is 0 Å². The van der Waals surface area contributed by atoms with Crippen molar-refractivity contribution < 1.29 is 4.79 Å². The number of carbonyl (C=O) groups excluding carboxylic acids is 1. The summed E-state index contributed by atoms with van der Waals surface area (Å²) in [4.78, 5) is 17.5. The van der Waals surface area contributed by atoms with E-state index >= 15 is 0 Å². The standard InChI is InChI=1S/C15H14N2OS2/c16-7-1-2-12-3-4-14(20-12)15(18)17-8-5-13-11(10-17)6-9-19-13/h3-4,6,9H,5,7-8,10,16H2. The van der Waals surface area contributed by atoms with E-state index in [4.69, 9.17) is 5.73 Å². The Morgan fingerprint density at radius 2 is 2.30 bits per heavy atom.